The minimum absolute atomic E-state index is 0.0528. The predicted molar refractivity (Wildman–Crippen MR) is 132 cm³/mol. The van der Waals surface area contributed by atoms with Crippen LogP contribution in [0.5, 0.6) is 0 Å². The fraction of sp³-hybridized carbons (Fsp3) is 0.250. The van der Waals surface area contributed by atoms with Crippen molar-refractivity contribution < 1.29 is 33.0 Å². The number of aliphatic hydroxyl groups is 2. The molecule has 38 heavy (non-hydrogen) atoms. The molecule has 1 aliphatic carbocycles. The molecule has 1 fully saturated rings. The van der Waals surface area contributed by atoms with Gasteiger partial charge in [0, 0.05) is 24.3 Å². The van der Waals surface area contributed by atoms with Crippen LogP contribution < -0.4 is 10.9 Å². The van der Waals surface area contributed by atoms with Gasteiger partial charge in [-0.3, -0.25) is 14.4 Å². The summed E-state index contributed by atoms with van der Waals surface area (Å²) in [4.78, 5) is 38.5. The number of aliphatic hydroxyl groups excluding tert-OH is 2. The fourth-order valence-electron chi connectivity index (χ4n) is 4.42. The second-order valence-corrected chi connectivity index (χ2v) is 9.14. The van der Waals surface area contributed by atoms with Crippen LogP contribution in [0.15, 0.2) is 71.4 Å². The van der Waals surface area contributed by atoms with Gasteiger partial charge in [-0.2, -0.15) is 0 Å². The lowest BCUT2D eigenvalue weighted by Gasteiger charge is -2.16. The zero-order valence-corrected chi connectivity index (χ0v) is 20.2. The van der Waals surface area contributed by atoms with Crippen LogP contribution in [0.1, 0.15) is 46.3 Å². The standard InChI is InChI=1S/C28H25F3N2O5/c29-20-6-2-1-5-17(20)11-16-12-18(25(35)13-26(36)27(37)32-23-9-4-10-24(23)34)28(38)33(14-16)15-19-21(30)7-3-8-22(19)31/h1-3,5-8,12-14,23-24,34,36H,4,9-11,15H2,(H,32,37)/b26-13-. The number of ketones is 1. The lowest BCUT2D eigenvalue weighted by atomic mass is 10.0. The quantitative estimate of drug-likeness (QED) is 0.236. The Bertz CT molecular complexity index is 1450. The third-order valence-corrected chi connectivity index (χ3v) is 6.45. The minimum Gasteiger partial charge on any atom is -0.503 e. The molecule has 2 unspecified atom stereocenters. The summed E-state index contributed by atoms with van der Waals surface area (Å²) < 4.78 is 43.8. The van der Waals surface area contributed by atoms with E-state index in [2.05, 4.69) is 5.32 Å². The molecule has 10 heteroatoms. The van der Waals surface area contributed by atoms with Crippen LogP contribution >= 0.6 is 0 Å². The van der Waals surface area contributed by atoms with Crippen molar-refractivity contribution >= 4 is 11.7 Å². The van der Waals surface area contributed by atoms with E-state index in [1.54, 1.807) is 6.07 Å². The van der Waals surface area contributed by atoms with Gasteiger partial charge in [0.15, 0.2) is 11.5 Å². The SMILES string of the molecule is O=C(NC1CCCC1O)/C(O)=C/C(=O)c1cc(Cc2ccccc2F)cn(Cc2c(F)cccc2F)c1=O. The van der Waals surface area contributed by atoms with Crippen LogP contribution in [0.3, 0.4) is 0 Å². The van der Waals surface area contributed by atoms with Crippen molar-refractivity contribution in [3.05, 3.63) is 117 Å². The van der Waals surface area contributed by atoms with Gasteiger partial charge in [0.05, 0.1) is 24.3 Å². The van der Waals surface area contributed by atoms with Crippen LogP contribution in [0.4, 0.5) is 13.2 Å². The maximum Gasteiger partial charge on any atom is 0.286 e. The van der Waals surface area contributed by atoms with Crippen LogP contribution in [0.2, 0.25) is 0 Å². The minimum atomic E-state index is -1.03. The zero-order chi connectivity index (χ0) is 27.4. The molecule has 1 heterocycles. The van der Waals surface area contributed by atoms with Crippen LogP contribution in [-0.4, -0.2) is 38.6 Å². The molecule has 1 saturated carbocycles. The Balaban J connectivity index is 1.70. The first-order valence-corrected chi connectivity index (χ1v) is 12.0. The van der Waals surface area contributed by atoms with Gasteiger partial charge < -0.3 is 20.1 Å². The van der Waals surface area contributed by atoms with E-state index in [0.717, 1.165) is 16.7 Å². The van der Waals surface area contributed by atoms with E-state index in [1.165, 1.54) is 36.5 Å². The zero-order valence-electron chi connectivity index (χ0n) is 20.2. The number of allylic oxidation sites excluding steroid dienone is 1. The number of hydrogen-bond acceptors (Lipinski definition) is 5. The number of nitrogens with one attached hydrogen (secondary N) is 1. The highest BCUT2D eigenvalue weighted by Gasteiger charge is 2.28. The smallest absolute Gasteiger partial charge is 0.286 e. The number of amides is 1. The Kier molecular flexibility index (Phi) is 8.11. The second kappa shape index (κ2) is 11.5. The normalized spacial score (nSPS) is 17.4. The molecule has 7 nitrogen and oxygen atoms in total. The van der Waals surface area contributed by atoms with E-state index < -0.39 is 70.3 Å². The van der Waals surface area contributed by atoms with Crippen molar-refractivity contribution in [2.75, 3.05) is 0 Å². The molecule has 0 bridgehead atoms. The highest BCUT2D eigenvalue weighted by molar-refractivity contribution is 6.08. The number of pyridine rings is 1. The summed E-state index contributed by atoms with van der Waals surface area (Å²) >= 11 is 0. The summed E-state index contributed by atoms with van der Waals surface area (Å²) in [6.45, 7) is -0.557. The fourth-order valence-corrected chi connectivity index (χ4v) is 4.42. The summed E-state index contributed by atoms with van der Waals surface area (Å²) in [5, 5.41) is 22.5. The summed E-state index contributed by atoms with van der Waals surface area (Å²) in [7, 11) is 0. The molecule has 0 radical (unpaired) electrons. The van der Waals surface area contributed by atoms with E-state index in [-0.39, 0.29) is 17.5 Å². The number of rotatable bonds is 8. The third kappa shape index (κ3) is 6.03. The Hall–Kier alpha value is -4.18. The highest BCUT2D eigenvalue weighted by Crippen LogP contribution is 2.19. The van der Waals surface area contributed by atoms with Gasteiger partial charge >= 0.3 is 0 Å². The number of hydrogen-bond donors (Lipinski definition) is 3. The van der Waals surface area contributed by atoms with E-state index >= 15 is 0 Å². The van der Waals surface area contributed by atoms with Crippen molar-refractivity contribution in [3.63, 3.8) is 0 Å². The average Bonchev–Trinajstić information content (AvgIpc) is 3.28. The van der Waals surface area contributed by atoms with Crippen LogP contribution in [-0.2, 0) is 17.8 Å². The third-order valence-electron chi connectivity index (χ3n) is 6.45. The van der Waals surface area contributed by atoms with E-state index in [1.807, 2.05) is 0 Å². The first-order valence-electron chi connectivity index (χ1n) is 12.0. The van der Waals surface area contributed by atoms with Crippen molar-refractivity contribution in [2.45, 2.75) is 44.4 Å². The van der Waals surface area contributed by atoms with Gasteiger partial charge in [0.1, 0.15) is 17.5 Å². The van der Waals surface area contributed by atoms with E-state index in [0.29, 0.717) is 25.3 Å². The molecule has 1 aromatic heterocycles. The Morgan fingerprint density at radius 3 is 2.37 bits per heavy atom. The Morgan fingerprint density at radius 1 is 1.03 bits per heavy atom. The van der Waals surface area contributed by atoms with Crippen molar-refractivity contribution in [1.29, 1.82) is 0 Å². The van der Waals surface area contributed by atoms with Gasteiger partial charge in [0.25, 0.3) is 11.5 Å². The molecule has 2 aromatic carbocycles. The first kappa shape index (κ1) is 26.9. The molecule has 0 spiro atoms. The molecule has 0 saturated heterocycles. The van der Waals surface area contributed by atoms with Crippen molar-refractivity contribution in [2.24, 2.45) is 0 Å². The van der Waals surface area contributed by atoms with Gasteiger partial charge in [-0.15, -0.1) is 0 Å². The highest BCUT2D eigenvalue weighted by atomic mass is 19.1. The molecule has 1 amide bonds. The van der Waals surface area contributed by atoms with Gasteiger partial charge in [0.2, 0.25) is 0 Å². The summed E-state index contributed by atoms with van der Waals surface area (Å²) in [5.74, 6) is -5.32. The number of carbonyl (C=O) groups excluding carboxylic acids is 2. The molecular weight excluding hydrogens is 501 g/mol. The summed E-state index contributed by atoms with van der Waals surface area (Å²) in [5.41, 5.74) is -1.30. The lowest BCUT2D eigenvalue weighted by Crippen LogP contribution is -2.40. The van der Waals surface area contributed by atoms with Gasteiger partial charge in [-0.05, 0) is 54.7 Å². The Labute approximate surface area is 215 Å². The maximum absolute atomic E-state index is 14.3. The number of nitrogens with zero attached hydrogens (tertiary/aromatic N) is 1. The number of carbonyl (C=O) groups is 2. The van der Waals surface area contributed by atoms with Crippen molar-refractivity contribution in [1.82, 2.24) is 9.88 Å². The molecule has 1 aliphatic rings. The summed E-state index contributed by atoms with van der Waals surface area (Å²) in [6, 6.07) is 9.69. The first-order chi connectivity index (χ1) is 18.1. The number of halogens is 3. The van der Waals surface area contributed by atoms with E-state index in [4.69, 9.17) is 0 Å². The monoisotopic (exact) mass is 526 g/mol. The van der Waals surface area contributed by atoms with Crippen molar-refractivity contribution in [3.8, 4) is 0 Å². The topological polar surface area (TPSA) is 109 Å². The van der Waals surface area contributed by atoms with Crippen LogP contribution in [0.25, 0.3) is 0 Å². The molecule has 3 N–H and O–H groups in total. The lowest BCUT2D eigenvalue weighted by molar-refractivity contribution is -0.121. The average molecular weight is 527 g/mol. The molecule has 3 aromatic rings. The number of benzene rings is 2. The molecule has 2 atom stereocenters. The molecular formula is C28H25F3N2O5. The number of aromatic nitrogens is 1. The molecule has 0 aliphatic heterocycles. The predicted octanol–water partition coefficient (Wildman–Crippen LogP) is 3.56. The second-order valence-electron chi connectivity index (χ2n) is 9.14. The molecule has 198 valence electrons. The largest absolute Gasteiger partial charge is 0.503 e. The van der Waals surface area contributed by atoms with Gasteiger partial charge in [-0.25, -0.2) is 13.2 Å². The maximum atomic E-state index is 14.3. The van der Waals surface area contributed by atoms with Crippen LogP contribution in [0, 0.1) is 17.5 Å². The Morgan fingerprint density at radius 2 is 1.71 bits per heavy atom. The summed E-state index contributed by atoms with van der Waals surface area (Å²) in [6.07, 6.45) is 2.69. The van der Waals surface area contributed by atoms with E-state index in [9.17, 15) is 37.8 Å². The van der Waals surface area contributed by atoms with Gasteiger partial charge in [-0.1, -0.05) is 24.3 Å². The molecule has 4 rings (SSSR count).